The number of phosphoric ester groups is 1. The lowest BCUT2D eigenvalue weighted by atomic mass is 9.53. The van der Waals surface area contributed by atoms with Crippen LogP contribution in [-0.4, -0.2) is 59.1 Å². The van der Waals surface area contributed by atoms with E-state index in [1.54, 1.807) is 13.2 Å². The first-order valence-electron chi connectivity index (χ1n) is 8.84. The first kappa shape index (κ1) is 18.9. The largest absolute Gasteiger partial charge is 0.493 e. The number of methoxy groups -OCH3 is 1. The zero-order valence-corrected chi connectivity index (χ0v) is 16.1. The van der Waals surface area contributed by atoms with E-state index in [9.17, 15) is 14.4 Å². The summed E-state index contributed by atoms with van der Waals surface area (Å²) in [5, 5.41) is 0. The number of nitrogens with zero attached hydrogens (tertiary/aromatic N) is 1. The lowest BCUT2D eigenvalue weighted by molar-refractivity contribution is -0.0440. The van der Waals surface area contributed by atoms with E-state index in [1.807, 2.05) is 6.07 Å². The number of likely N-dealkylation sites (N-methyl/N-ethyl adjacent to an activating group) is 1. The monoisotopic (exact) mass is 397 g/mol. The third kappa shape index (κ3) is 2.45. The van der Waals surface area contributed by atoms with Crippen LogP contribution in [0.2, 0.25) is 0 Å². The summed E-state index contributed by atoms with van der Waals surface area (Å²) >= 11 is 0. The molecule has 4 N–H and O–H groups in total. The molecule has 1 aromatic rings. The van der Waals surface area contributed by atoms with Gasteiger partial charge in [-0.3, -0.25) is 4.52 Å². The molecule has 0 amide bonds. The Bertz CT molecular complexity index is 852. The summed E-state index contributed by atoms with van der Waals surface area (Å²) < 4.78 is 28.5. The fourth-order valence-electron chi connectivity index (χ4n) is 5.62. The van der Waals surface area contributed by atoms with E-state index in [-0.39, 0.29) is 16.8 Å². The van der Waals surface area contributed by atoms with Gasteiger partial charge in [-0.25, -0.2) is 4.57 Å². The molecule has 2 bridgehead atoms. The number of phosphoric acid groups is 1. The predicted molar refractivity (Wildman–Crippen MR) is 97.0 cm³/mol. The van der Waals surface area contributed by atoms with Crippen LogP contribution in [0.25, 0.3) is 0 Å². The fourth-order valence-corrected chi connectivity index (χ4v) is 6.12. The number of ether oxygens (including phenoxy) is 2. The summed E-state index contributed by atoms with van der Waals surface area (Å²) in [5.41, 5.74) is 2.06. The quantitative estimate of drug-likeness (QED) is 0.572. The molecule has 0 unspecified atom stereocenters. The minimum absolute atomic E-state index is 0. The van der Waals surface area contributed by atoms with Crippen LogP contribution in [0.5, 0.6) is 11.5 Å². The Balaban J connectivity index is 0.00000180. The van der Waals surface area contributed by atoms with E-state index in [1.165, 1.54) is 5.56 Å². The molecule has 1 aromatic carbocycles. The van der Waals surface area contributed by atoms with Gasteiger partial charge in [-0.2, -0.15) is 0 Å². The van der Waals surface area contributed by atoms with Crippen LogP contribution < -0.4 is 9.47 Å². The van der Waals surface area contributed by atoms with Crippen molar-refractivity contribution in [1.29, 1.82) is 0 Å². The number of hydrogen-bond donors (Lipinski definition) is 2. The number of benzene rings is 1. The van der Waals surface area contributed by atoms with Gasteiger partial charge >= 0.3 is 7.82 Å². The first-order valence-corrected chi connectivity index (χ1v) is 10.4. The second-order valence-electron chi connectivity index (χ2n) is 7.68. The molecule has 0 aromatic heterocycles. The van der Waals surface area contributed by atoms with Crippen LogP contribution in [0.1, 0.15) is 17.5 Å². The van der Waals surface area contributed by atoms with Crippen molar-refractivity contribution in [2.24, 2.45) is 5.92 Å². The normalized spacial score (nSPS) is 35.9. The second kappa shape index (κ2) is 6.04. The van der Waals surface area contributed by atoms with Crippen LogP contribution in [0.3, 0.4) is 0 Å². The van der Waals surface area contributed by atoms with Gasteiger partial charge in [0.05, 0.1) is 7.11 Å². The van der Waals surface area contributed by atoms with Gasteiger partial charge in [0.1, 0.15) is 12.2 Å². The van der Waals surface area contributed by atoms with Crippen molar-refractivity contribution in [2.45, 2.75) is 36.5 Å². The van der Waals surface area contributed by atoms with Gasteiger partial charge < -0.3 is 29.6 Å². The molecule has 4 aliphatic rings. The lowest BCUT2D eigenvalue weighted by Crippen LogP contribution is -2.65. The molecule has 1 saturated heterocycles. The summed E-state index contributed by atoms with van der Waals surface area (Å²) in [6.07, 6.45) is 4.37. The Morgan fingerprint density at radius 2 is 2.11 bits per heavy atom. The molecular weight excluding hydrogens is 373 g/mol. The minimum atomic E-state index is -4.63. The highest BCUT2D eigenvalue weighted by Gasteiger charge is 2.65. The highest BCUT2D eigenvalue weighted by Crippen LogP contribution is 2.63. The standard InChI is InChI=1S/C18H22NO6P.H2O/c1-19-8-7-18-11-4-6-14(25-26(20,21)22)17(18)24-16-13(23-2)5-3-10(15(16)18)9-12(11)19;/h3-6,11-12,14,17H,7-9H2,1-2H3,(H2,20,21,22);1H2/t11-,12+,14-,17-,18-;/m0./s1. The zero-order valence-electron chi connectivity index (χ0n) is 15.2. The molecule has 5 atom stereocenters. The number of rotatable bonds is 3. The summed E-state index contributed by atoms with van der Waals surface area (Å²) in [7, 11) is -0.879. The smallest absolute Gasteiger partial charge is 0.470 e. The van der Waals surface area contributed by atoms with Crippen molar-refractivity contribution in [3.63, 3.8) is 0 Å². The average molecular weight is 397 g/mol. The second-order valence-corrected chi connectivity index (χ2v) is 8.88. The van der Waals surface area contributed by atoms with Gasteiger partial charge in [0, 0.05) is 22.9 Å². The third-order valence-electron chi connectivity index (χ3n) is 6.59. The van der Waals surface area contributed by atoms with Crippen LogP contribution in [0.15, 0.2) is 24.3 Å². The topological polar surface area (TPSA) is 120 Å². The maximum atomic E-state index is 11.5. The van der Waals surface area contributed by atoms with E-state index in [0.29, 0.717) is 17.5 Å². The average Bonchev–Trinajstić information content (AvgIpc) is 2.93. The van der Waals surface area contributed by atoms with Crippen molar-refractivity contribution >= 4 is 7.82 Å². The number of likely N-dealkylation sites (tertiary alicyclic amines) is 1. The molecule has 2 aliphatic carbocycles. The molecule has 0 radical (unpaired) electrons. The van der Waals surface area contributed by atoms with Crippen LogP contribution >= 0.6 is 7.82 Å². The van der Waals surface area contributed by atoms with Gasteiger partial charge in [0.2, 0.25) is 0 Å². The Labute approximate surface area is 157 Å². The summed E-state index contributed by atoms with van der Waals surface area (Å²) in [4.78, 5) is 21.1. The van der Waals surface area contributed by atoms with Crippen LogP contribution in [-0.2, 0) is 20.9 Å². The van der Waals surface area contributed by atoms with Crippen molar-refractivity contribution in [2.75, 3.05) is 20.7 Å². The van der Waals surface area contributed by atoms with Crippen molar-refractivity contribution < 1.29 is 33.8 Å². The Morgan fingerprint density at radius 1 is 1.33 bits per heavy atom. The molecule has 8 nitrogen and oxygen atoms in total. The van der Waals surface area contributed by atoms with Gasteiger partial charge in [-0.1, -0.05) is 18.2 Å². The molecule has 148 valence electrons. The SMILES string of the molecule is COc1ccc2c3c1O[C@H]1[C@@H](OP(=O)(O)O)C=C[C@H]4[C@@H](C2)N(C)CC[C@@]341.O. The Morgan fingerprint density at radius 3 is 2.81 bits per heavy atom. The summed E-state index contributed by atoms with van der Waals surface area (Å²) in [6, 6.07) is 4.36. The molecule has 1 spiro atoms. The van der Waals surface area contributed by atoms with Crippen LogP contribution in [0.4, 0.5) is 0 Å². The highest BCUT2D eigenvalue weighted by molar-refractivity contribution is 7.46. The molecular formula is C18H24NO7P. The fraction of sp³-hybridized carbons (Fsp3) is 0.556. The highest BCUT2D eigenvalue weighted by atomic mass is 31.2. The van der Waals surface area contributed by atoms with E-state index >= 15 is 0 Å². The Hall–Kier alpha value is -1.41. The molecule has 9 heteroatoms. The molecule has 2 heterocycles. The molecule has 27 heavy (non-hydrogen) atoms. The maximum absolute atomic E-state index is 11.5. The summed E-state index contributed by atoms with van der Waals surface area (Å²) in [6.45, 7) is 0.910. The summed E-state index contributed by atoms with van der Waals surface area (Å²) in [5.74, 6) is 1.60. The van der Waals surface area contributed by atoms with E-state index in [0.717, 1.165) is 24.9 Å². The molecule has 5 rings (SSSR count). The van der Waals surface area contributed by atoms with E-state index < -0.39 is 20.0 Å². The van der Waals surface area contributed by atoms with Crippen LogP contribution in [0, 0.1) is 5.92 Å². The number of piperidine rings is 1. The third-order valence-corrected chi connectivity index (χ3v) is 7.11. The lowest BCUT2D eigenvalue weighted by Gasteiger charge is -2.56. The first-order chi connectivity index (χ1) is 12.3. The van der Waals surface area contributed by atoms with E-state index in [4.69, 9.17) is 14.0 Å². The van der Waals surface area contributed by atoms with Crippen molar-refractivity contribution in [3.8, 4) is 11.5 Å². The van der Waals surface area contributed by atoms with Gasteiger partial charge in [0.15, 0.2) is 11.5 Å². The minimum Gasteiger partial charge on any atom is -0.493 e. The van der Waals surface area contributed by atoms with Crippen molar-refractivity contribution in [3.05, 3.63) is 35.4 Å². The molecule has 1 fully saturated rings. The molecule has 0 saturated carbocycles. The van der Waals surface area contributed by atoms with Gasteiger partial charge in [-0.15, -0.1) is 0 Å². The number of hydrogen-bond acceptors (Lipinski definition) is 5. The predicted octanol–water partition coefficient (Wildman–Crippen LogP) is 0.793. The van der Waals surface area contributed by atoms with Gasteiger partial charge in [0.25, 0.3) is 0 Å². The maximum Gasteiger partial charge on any atom is 0.470 e. The Kier molecular flexibility index (Phi) is 4.24. The van der Waals surface area contributed by atoms with Gasteiger partial charge in [-0.05, 0) is 38.1 Å². The molecule has 2 aliphatic heterocycles. The van der Waals surface area contributed by atoms with Crippen molar-refractivity contribution in [1.82, 2.24) is 4.90 Å². The zero-order chi connectivity index (χ0) is 18.3. The van der Waals surface area contributed by atoms with E-state index in [2.05, 4.69) is 24.1 Å².